The number of anilines is 2. The van der Waals surface area contributed by atoms with Crippen molar-refractivity contribution in [2.75, 3.05) is 10.2 Å². The summed E-state index contributed by atoms with van der Waals surface area (Å²) < 4.78 is 0. The SMILES string of the molecule is Cc1ccc(NC(=O)C2CCc3ccccc3N2C(=O)c2ccc(C)nc2C)cc1. The van der Waals surface area contributed by atoms with Crippen molar-refractivity contribution in [3.8, 4) is 0 Å². The maximum Gasteiger partial charge on any atom is 0.260 e. The molecule has 1 aliphatic heterocycles. The zero-order valence-electron chi connectivity index (χ0n) is 17.5. The minimum absolute atomic E-state index is 0.181. The highest BCUT2D eigenvalue weighted by Gasteiger charge is 2.36. The molecular weight excluding hydrogens is 374 g/mol. The third-order valence-corrected chi connectivity index (χ3v) is 5.55. The van der Waals surface area contributed by atoms with E-state index in [1.54, 1.807) is 11.0 Å². The number of benzene rings is 2. The number of hydrogen-bond donors (Lipinski definition) is 1. The summed E-state index contributed by atoms with van der Waals surface area (Å²) >= 11 is 0. The first kappa shape index (κ1) is 19.8. The number of aryl methyl sites for hydroxylation is 4. The van der Waals surface area contributed by atoms with Gasteiger partial charge in [-0.25, -0.2) is 0 Å². The maximum atomic E-state index is 13.6. The Kier molecular flexibility index (Phi) is 5.36. The second kappa shape index (κ2) is 8.11. The average Bonchev–Trinajstić information content (AvgIpc) is 2.74. The van der Waals surface area contributed by atoms with E-state index in [2.05, 4.69) is 10.3 Å². The van der Waals surface area contributed by atoms with Crippen molar-refractivity contribution in [3.05, 3.63) is 88.7 Å². The summed E-state index contributed by atoms with van der Waals surface area (Å²) in [7, 11) is 0. The number of pyridine rings is 1. The zero-order valence-corrected chi connectivity index (χ0v) is 17.5. The van der Waals surface area contributed by atoms with Crippen molar-refractivity contribution in [1.82, 2.24) is 4.98 Å². The number of carbonyl (C=O) groups excluding carboxylic acids is 2. The number of amides is 2. The molecule has 1 atom stereocenters. The molecule has 1 aliphatic rings. The first-order chi connectivity index (χ1) is 14.4. The normalized spacial score (nSPS) is 15.4. The van der Waals surface area contributed by atoms with Crippen molar-refractivity contribution < 1.29 is 9.59 Å². The van der Waals surface area contributed by atoms with E-state index < -0.39 is 6.04 Å². The maximum absolute atomic E-state index is 13.6. The van der Waals surface area contributed by atoms with E-state index in [-0.39, 0.29) is 11.8 Å². The quantitative estimate of drug-likeness (QED) is 0.700. The van der Waals surface area contributed by atoms with Crippen LogP contribution in [-0.4, -0.2) is 22.8 Å². The highest BCUT2D eigenvalue weighted by atomic mass is 16.2. The molecule has 0 saturated carbocycles. The lowest BCUT2D eigenvalue weighted by Crippen LogP contribution is -2.50. The topological polar surface area (TPSA) is 62.3 Å². The number of carbonyl (C=O) groups is 2. The van der Waals surface area contributed by atoms with Gasteiger partial charge in [0.1, 0.15) is 6.04 Å². The average molecular weight is 399 g/mol. The van der Waals surface area contributed by atoms with Crippen LogP contribution in [0.5, 0.6) is 0 Å². The van der Waals surface area contributed by atoms with Gasteiger partial charge in [-0.3, -0.25) is 19.5 Å². The molecule has 0 bridgehead atoms. The monoisotopic (exact) mass is 399 g/mol. The Balaban J connectivity index is 1.71. The smallest absolute Gasteiger partial charge is 0.260 e. The predicted molar refractivity (Wildman–Crippen MR) is 119 cm³/mol. The largest absolute Gasteiger partial charge is 0.324 e. The summed E-state index contributed by atoms with van der Waals surface area (Å²) in [5.74, 6) is -0.379. The zero-order chi connectivity index (χ0) is 21.3. The number of para-hydroxylation sites is 1. The number of aromatic nitrogens is 1. The van der Waals surface area contributed by atoms with E-state index in [4.69, 9.17) is 0 Å². The van der Waals surface area contributed by atoms with Gasteiger partial charge < -0.3 is 5.32 Å². The van der Waals surface area contributed by atoms with E-state index in [9.17, 15) is 9.59 Å². The molecule has 2 heterocycles. The number of rotatable bonds is 3. The molecular formula is C25H25N3O2. The Morgan fingerprint density at radius 1 is 0.967 bits per heavy atom. The summed E-state index contributed by atoms with van der Waals surface area (Å²) in [6.45, 7) is 5.73. The lowest BCUT2D eigenvalue weighted by Gasteiger charge is -2.36. The number of hydrogen-bond acceptors (Lipinski definition) is 3. The Morgan fingerprint density at radius 2 is 1.70 bits per heavy atom. The first-order valence-corrected chi connectivity index (χ1v) is 10.2. The van der Waals surface area contributed by atoms with Gasteiger partial charge in [0, 0.05) is 17.1 Å². The Bertz CT molecular complexity index is 1110. The lowest BCUT2D eigenvalue weighted by molar-refractivity contribution is -0.117. The fourth-order valence-corrected chi connectivity index (χ4v) is 3.95. The van der Waals surface area contributed by atoms with Gasteiger partial charge in [0.25, 0.3) is 5.91 Å². The fourth-order valence-electron chi connectivity index (χ4n) is 3.95. The van der Waals surface area contributed by atoms with Gasteiger partial charge >= 0.3 is 0 Å². The minimum Gasteiger partial charge on any atom is -0.324 e. The van der Waals surface area contributed by atoms with Gasteiger partial charge in [-0.15, -0.1) is 0 Å². The van der Waals surface area contributed by atoms with Crippen LogP contribution in [0.4, 0.5) is 11.4 Å². The molecule has 1 N–H and O–H groups in total. The molecule has 0 fully saturated rings. The van der Waals surface area contributed by atoms with Crippen LogP contribution in [0, 0.1) is 20.8 Å². The third-order valence-electron chi connectivity index (χ3n) is 5.55. The van der Waals surface area contributed by atoms with Crippen LogP contribution < -0.4 is 10.2 Å². The third kappa shape index (κ3) is 3.83. The van der Waals surface area contributed by atoms with Gasteiger partial charge in [-0.1, -0.05) is 35.9 Å². The van der Waals surface area contributed by atoms with Crippen LogP contribution in [0.2, 0.25) is 0 Å². The van der Waals surface area contributed by atoms with Crippen molar-refractivity contribution in [1.29, 1.82) is 0 Å². The number of nitrogens with zero attached hydrogens (tertiary/aromatic N) is 2. The van der Waals surface area contributed by atoms with Gasteiger partial charge in [0.05, 0.1) is 11.3 Å². The van der Waals surface area contributed by atoms with Crippen molar-refractivity contribution in [2.24, 2.45) is 0 Å². The van der Waals surface area contributed by atoms with Crippen LogP contribution in [-0.2, 0) is 11.2 Å². The molecule has 3 aromatic rings. The van der Waals surface area contributed by atoms with Crippen LogP contribution in [0.25, 0.3) is 0 Å². The molecule has 0 saturated heterocycles. The van der Waals surface area contributed by atoms with Crippen LogP contribution in [0.1, 0.15) is 39.3 Å². The summed E-state index contributed by atoms with van der Waals surface area (Å²) in [6.07, 6.45) is 1.32. The molecule has 1 aromatic heterocycles. The number of nitrogens with one attached hydrogen (secondary N) is 1. The van der Waals surface area contributed by atoms with Crippen molar-refractivity contribution in [2.45, 2.75) is 39.7 Å². The highest BCUT2D eigenvalue weighted by molar-refractivity contribution is 6.12. The molecule has 5 heteroatoms. The highest BCUT2D eigenvalue weighted by Crippen LogP contribution is 2.33. The van der Waals surface area contributed by atoms with E-state index in [1.165, 1.54) is 0 Å². The van der Waals surface area contributed by atoms with Gasteiger partial charge in [0.2, 0.25) is 5.91 Å². The van der Waals surface area contributed by atoms with Gasteiger partial charge in [-0.2, -0.15) is 0 Å². The molecule has 4 rings (SSSR count). The molecule has 0 spiro atoms. The fraction of sp³-hybridized carbons (Fsp3) is 0.240. The lowest BCUT2D eigenvalue weighted by atomic mass is 9.94. The molecule has 2 amide bonds. The standard InChI is InChI=1S/C25H25N3O2/c1-16-8-12-20(13-9-16)27-24(29)23-15-11-19-6-4-5-7-22(19)28(23)25(30)21-14-10-17(2)26-18(21)3/h4-10,12-14,23H,11,15H2,1-3H3,(H,27,29). The summed E-state index contributed by atoms with van der Waals surface area (Å²) in [5.41, 5.74) is 5.76. The Labute approximate surface area is 176 Å². The molecule has 30 heavy (non-hydrogen) atoms. The van der Waals surface area contributed by atoms with Crippen molar-refractivity contribution in [3.63, 3.8) is 0 Å². The second-order valence-corrected chi connectivity index (χ2v) is 7.80. The first-order valence-electron chi connectivity index (χ1n) is 10.2. The molecule has 0 aliphatic carbocycles. The molecule has 152 valence electrons. The number of fused-ring (bicyclic) bond motifs is 1. The predicted octanol–water partition coefficient (Wildman–Crippen LogP) is 4.61. The Hall–Kier alpha value is -3.47. The van der Waals surface area contributed by atoms with Gasteiger partial charge in [-0.05, 0) is 69.5 Å². The van der Waals surface area contributed by atoms with Gasteiger partial charge in [0.15, 0.2) is 0 Å². The van der Waals surface area contributed by atoms with Crippen LogP contribution in [0.15, 0.2) is 60.7 Å². The summed E-state index contributed by atoms with van der Waals surface area (Å²) in [6, 6.07) is 18.5. The Morgan fingerprint density at radius 3 is 2.43 bits per heavy atom. The summed E-state index contributed by atoms with van der Waals surface area (Å²) in [4.78, 5) is 32.9. The minimum atomic E-state index is -0.589. The van der Waals surface area contributed by atoms with Crippen LogP contribution >= 0.6 is 0 Å². The molecule has 0 radical (unpaired) electrons. The summed E-state index contributed by atoms with van der Waals surface area (Å²) in [5, 5.41) is 2.98. The van der Waals surface area contributed by atoms with E-state index in [0.717, 1.165) is 34.6 Å². The second-order valence-electron chi connectivity index (χ2n) is 7.80. The van der Waals surface area contributed by atoms with Crippen LogP contribution in [0.3, 0.4) is 0 Å². The molecule has 5 nitrogen and oxygen atoms in total. The molecule has 2 aromatic carbocycles. The molecule has 1 unspecified atom stereocenters. The van der Waals surface area contributed by atoms with Crippen molar-refractivity contribution >= 4 is 23.2 Å². The van der Waals surface area contributed by atoms with E-state index in [1.807, 2.05) is 75.4 Å². The van der Waals surface area contributed by atoms with E-state index in [0.29, 0.717) is 17.7 Å². The van der Waals surface area contributed by atoms with E-state index >= 15 is 0 Å².